The minimum atomic E-state index is -0.575. The van der Waals surface area contributed by atoms with Crippen LogP contribution in [0, 0.1) is 0 Å². The average molecular weight is 348 g/mol. The Balaban J connectivity index is 2.77. The van der Waals surface area contributed by atoms with Gasteiger partial charge < -0.3 is 14.5 Å². The predicted molar refractivity (Wildman–Crippen MR) is 96.9 cm³/mol. The van der Waals surface area contributed by atoms with Gasteiger partial charge in [-0.2, -0.15) is 0 Å². The highest BCUT2D eigenvalue weighted by molar-refractivity contribution is 6.01. The summed E-state index contributed by atoms with van der Waals surface area (Å²) in [4.78, 5) is 39.0. The minimum Gasteiger partial charge on any atom is -0.444 e. The zero-order valence-electron chi connectivity index (χ0n) is 15.9. The first-order valence-corrected chi connectivity index (χ1v) is 8.36. The van der Waals surface area contributed by atoms with Crippen LogP contribution in [0.25, 0.3) is 0 Å². The molecule has 6 nitrogen and oxygen atoms in total. The lowest BCUT2D eigenvalue weighted by Gasteiger charge is -2.31. The maximum absolute atomic E-state index is 12.5. The van der Waals surface area contributed by atoms with E-state index in [1.54, 1.807) is 36.2 Å². The van der Waals surface area contributed by atoms with E-state index in [0.29, 0.717) is 30.5 Å². The van der Waals surface area contributed by atoms with E-state index in [1.165, 1.54) is 4.90 Å². The Morgan fingerprint density at radius 1 is 1.16 bits per heavy atom. The van der Waals surface area contributed by atoms with Gasteiger partial charge in [0.1, 0.15) is 5.60 Å². The molecule has 0 saturated heterocycles. The first-order chi connectivity index (χ1) is 11.6. The minimum absolute atomic E-state index is 0.0550. The van der Waals surface area contributed by atoms with Crippen LogP contribution < -0.4 is 0 Å². The molecule has 0 radical (unpaired) electrons. The first kappa shape index (κ1) is 20.7. The van der Waals surface area contributed by atoms with Gasteiger partial charge in [0.05, 0.1) is 5.56 Å². The summed E-state index contributed by atoms with van der Waals surface area (Å²) in [6.07, 6.45) is 0.263. The van der Waals surface area contributed by atoms with Crippen molar-refractivity contribution in [2.75, 3.05) is 20.1 Å². The summed E-state index contributed by atoms with van der Waals surface area (Å²) in [7, 11) is 1.65. The standard InChI is InChI=1S/C19H28N2O4/c1-14(2)21(18(24)25-19(3,4)5)12-11-20(6)17(23)16-10-8-7-9-15(16)13-22/h7-10,13-14H,11-12H2,1-6H3. The van der Waals surface area contributed by atoms with Gasteiger partial charge in [0.2, 0.25) is 0 Å². The number of rotatable bonds is 6. The van der Waals surface area contributed by atoms with Gasteiger partial charge in [0, 0.05) is 31.7 Å². The molecule has 0 fully saturated rings. The van der Waals surface area contributed by atoms with Crippen molar-refractivity contribution < 1.29 is 19.1 Å². The van der Waals surface area contributed by atoms with E-state index in [-0.39, 0.29) is 11.9 Å². The van der Waals surface area contributed by atoms with Crippen LogP contribution in [-0.2, 0) is 4.74 Å². The third-order valence-corrected chi connectivity index (χ3v) is 3.59. The molecule has 0 aliphatic rings. The summed E-state index contributed by atoms with van der Waals surface area (Å²) in [5, 5.41) is 0. The van der Waals surface area contributed by atoms with Gasteiger partial charge >= 0.3 is 6.09 Å². The van der Waals surface area contributed by atoms with Crippen molar-refractivity contribution in [1.29, 1.82) is 0 Å². The van der Waals surface area contributed by atoms with Crippen molar-refractivity contribution in [3.8, 4) is 0 Å². The van der Waals surface area contributed by atoms with Crippen molar-refractivity contribution in [2.24, 2.45) is 0 Å². The van der Waals surface area contributed by atoms with Crippen molar-refractivity contribution >= 4 is 18.3 Å². The molecule has 1 aromatic carbocycles. The van der Waals surface area contributed by atoms with Gasteiger partial charge in [-0.25, -0.2) is 4.79 Å². The quantitative estimate of drug-likeness (QED) is 0.740. The van der Waals surface area contributed by atoms with E-state index in [2.05, 4.69) is 0 Å². The number of nitrogens with zero attached hydrogens (tertiary/aromatic N) is 2. The molecule has 25 heavy (non-hydrogen) atoms. The molecule has 0 saturated carbocycles. The van der Waals surface area contributed by atoms with Crippen LogP contribution in [0.4, 0.5) is 4.79 Å². The number of carbonyl (C=O) groups is 3. The smallest absolute Gasteiger partial charge is 0.410 e. The lowest BCUT2D eigenvalue weighted by Crippen LogP contribution is -2.45. The number of hydrogen-bond acceptors (Lipinski definition) is 4. The van der Waals surface area contributed by atoms with E-state index in [9.17, 15) is 14.4 Å². The van der Waals surface area contributed by atoms with Crippen molar-refractivity contribution in [2.45, 2.75) is 46.3 Å². The predicted octanol–water partition coefficient (Wildman–Crippen LogP) is 3.22. The maximum atomic E-state index is 12.5. The Bertz CT molecular complexity index is 620. The monoisotopic (exact) mass is 348 g/mol. The van der Waals surface area contributed by atoms with Crippen LogP contribution in [0.3, 0.4) is 0 Å². The molecule has 0 atom stereocenters. The van der Waals surface area contributed by atoms with Gasteiger partial charge in [-0.3, -0.25) is 9.59 Å². The number of amides is 2. The SMILES string of the molecule is CC(C)N(CCN(C)C(=O)c1ccccc1C=O)C(=O)OC(C)(C)C. The van der Waals surface area contributed by atoms with Crippen LogP contribution in [0.2, 0.25) is 0 Å². The molecule has 0 heterocycles. The van der Waals surface area contributed by atoms with Gasteiger partial charge in [-0.1, -0.05) is 18.2 Å². The molecule has 6 heteroatoms. The third-order valence-electron chi connectivity index (χ3n) is 3.59. The number of hydrogen-bond donors (Lipinski definition) is 0. The Hall–Kier alpha value is -2.37. The fourth-order valence-corrected chi connectivity index (χ4v) is 2.24. The van der Waals surface area contributed by atoms with Gasteiger partial charge in [-0.05, 0) is 40.7 Å². The molecule has 0 unspecified atom stereocenters. The largest absolute Gasteiger partial charge is 0.444 e. The highest BCUT2D eigenvalue weighted by Crippen LogP contribution is 2.13. The summed E-state index contributed by atoms with van der Waals surface area (Å²) >= 11 is 0. The molecule has 138 valence electrons. The van der Waals surface area contributed by atoms with E-state index in [1.807, 2.05) is 34.6 Å². The van der Waals surface area contributed by atoms with Crippen LogP contribution in [0.5, 0.6) is 0 Å². The number of carbonyl (C=O) groups excluding carboxylic acids is 3. The molecule has 1 rings (SSSR count). The Morgan fingerprint density at radius 3 is 2.28 bits per heavy atom. The summed E-state index contributed by atoms with van der Waals surface area (Å²) in [5.74, 6) is -0.254. The number of ether oxygens (including phenoxy) is 1. The second-order valence-electron chi connectivity index (χ2n) is 7.20. The maximum Gasteiger partial charge on any atom is 0.410 e. The van der Waals surface area contributed by atoms with E-state index in [4.69, 9.17) is 4.74 Å². The molecule has 0 bridgehead atoms. The van der Waals surface area contributed by atoms with E-state index >= 15 is 0 Å². The fraction of sp³-hybridized carbons (Fsp3) is 0.526. The summed E-state index contributed by atoms with van der Waals surface area (Å²) in [6, 6.07) is 6.60. The highest BCUT2D eigenvalue weighted by atomic mass is 16.6. The Labute approximate surface area is 149 Å². The summed E-state index contributed by atoms with van der Waals surface area (Å²) < 4.78 is 5.41. The zero-order valence-corrected chi connectivity index (χ0v) is 15.9. The van der Waals surface area contributed by atoms with E-state index in [0.717, 1.165) is 0 Å². The first-order valence-electron chi connectivity index (χ1n) is 8.36. The lowest BCUT2D eigenvalue weighted by atomic mass is 10.1. The number of benzene rings is 1. The van der Waals surface area contributed by atoms with Gasteiger partial charge in [-0.15, -0.1) is 0 Å². The molecule has 0 N–H and O–H groups in total. The zero-order chi connectivity index (χ0) is 19.2. The molecule has 0 aliphatic carbocycles. The van der Waals surface area contributed by atoms with Crippen LogP contribution in [0.15, 0.2) is 24.3 Å². The second-order valence-corrected chi connectivity index (χ2v) is 7.20. The highest BCUT2D eigenvalue weighted by Gasteiger charge is 2.25. The van der Waals surface area contributed by atoms with Crippen LogP contribution in [-0.4, -0.2) is 59.9 Å². The Morgan fingerprint density at radius 2 is 1.76 bits per heavy atom. The van der Waals surface area contributed by atoms with Gasteiger partial charge in [0.15, 0.2) is 6.29 Å². The van der Waals surface area contributed by atoms with Crippen molar-refractivity contribution in [3.63, 3.8) is 0 Å². The molecule has 0 aromatic heterocycles. The summed E-state index contributed by atoms with van der Waals surface area (Å²) in [5.41, 5.74) is 0.134. The van der Waals surface area contributed by atoms with E-state index < -0.39 is 11.7 Å². The topological polar surface area (TPSA) is 66.9 Å². The number of aldehydes is 1. The van der Waals surface area contributed by atoms with Crippen LogP contribution >= 0.6 is 0 Å². The second kappa shape index (κ2) is 8.65. The number of likely N-dealkylation sites (N-methyl/N-ethyl adjacent to an activating group) is 1. The van der Waals surface area contributed by atoms with Crippen molar-refractivity contribution in [3.05, 3.63) is 35.4 Å². The molecule has 0 spiro atoms. The molecule has 0 aliphatic heterocycles. The van der Waals surface area contributed by atoms with Gasteiger partial charge in [0.25, 0.3) is 5.91 Å². The van der Waals surface area contributed by atoms with Crippen LogP contribution in [0.1, 0.15) is 55.3 Å². The third kappa shape index (κ3) is 6.21. The lowest BCUT2D eigenvalue weighted by molar-refractivity contribution is 0.0173. The molecule has 1 aromatic rings. The molecular formula is C19H28N2O4. The normalized spacial score (nSPS) is 11.2. The fourth-order valence-electron chi connectivity index (χ4n) is 2.24. The summed E-state index contributed by atoms with van der Waals surface area (Å²) in [6.45, 7) is 9.92. The molecular weight excluding hydrogens is 320 g/mol. The average Bonchev–Trinajstić information content (AvgIpc) is 2.52. The molecule has 2 amide bonds. The Kier molecular flexibility index (Phi) is 7.15. The van der Waals surface area contributed by atoms with Crippen molar-refractivity contribution in [1.82, 2.24) is 9.80 Å².